The molecule has 1 aromatic heterocycles. The number of nitrogens with one attached hydrogen (secondary N) is 2. The number of aliphatic carboxylic acids is 1. The maximum absolute atomic E-state index is 12.2. The lowest BCUT2D eigenvalue weighted by molar-refractivity contribution is -0.139. The van der Waals surface area contributed by atoms with Crippen LogP contribution in [0.25, 0.3) is 11.1 Å². The molecule has 3 N–H and O–H groups in total. The summed E-state index contributed by atoms with van der Waals surface area (Å²) in [6.07, 6.45) is 0.696. The van der Waals surface area contributed by atoms with Crippen molar-refractivity contribution in [2.45, 2.75) is 30.7 Å². The summed E-state index contributed by atoms with van der Waals surface area (Å²) in [6.45, 7) is 1.75. The Bertz CT molecular complexity index is 820. The highest BCUT2D eigenvalue weighted by Crippen LogP contribution is 2.17. The van der Waals surface area contributed by atoms with Gasteiger partial charge in [-0.15, -0.1) is 0 Å². The Balaban J connectivity index is 2.36. The molecule has 0 spiro atoms. The topological polar surface area (TPSA) is 129 Å². The van der Waals surface area contributed by atoms with Crippen LogP contribution in [0.1, 0.15) is 19.8 Å². The average Bonchev–Trinajstić information content (AvgIpc) is 2.76. The first-order chi connectivity index (χ1) is 9.83. The van der Waals surface area contributed by atoms with Gasteiger partial charge in [-0.25, -0.2) is 13.2 Å². The van der Waals surface area contributed by atoms with E-state index < -0.39 is 27.8 Å². The highest BCUT2D eigenvalue weighted by atomic mass is 32.2. The second-order valence-corrected chi connectivity index (χ2v) is 6.19. The molecule has 0 fully saturated rings. The quantitative estimate of drug-likeness (QED) is 0.718. The van der Waals surface area contributed by atoms with E-state index in [2.05, 4.69) is 9.71 Å². The smallest absolute Gasteiger partial charge is 0.417 e. The van der Waals surface area contributed by atoms with Gasteiger partial charge in [0.15, 0.2) is 5.58 Å². The first-order valence-corrected chi connectivity index (χ1v) is 7.70. The third kappa shape index (κ3) is 3.31. The summed E-state index contributed by atoms with van der Waals surface area (Å²) in [5, 5.41) is 9.00. The van der Waals surface area contributed by atoms with Gasteiger partial charge in [0, 0.05) is 6.07 Å². The van der Waals surface area contributed by atoms with E-state index >= 15 is 0 Å². The van der Waals surface area contributed by atoms with Gasteiger partial charge in [-0.2, -0.15) is 4.72 Å². The number of oxazole rings is 1. The number of fused-ring (bicyclic) bond motifs is 1. The molecule has 1 heterocycles. The summed E-state index contributed by atoms with van der Waals surface area (Å²) in [5.41, 5.74) is 0.451. The Labute approximate surface area is 119 Å². The number of hydrogen-bond donors (Lipinski definition) is 3. The van der Waals surface area contributed by atoms with E-state index in [1.165, 1.54) is 18.2 Å². The second kappa shape index (κ2) is 5.70. The monoisotopic (exact) mass is 314 g/mol. The number of carbonyl (C=O) groups is 1. The van der Waals surface area contributed by atoms with Crippen LogP contribution in [0, 0.1) is 0 Å². The maximum atomic E-state index is 12.2. The molecule has 114 valence electrons. The lowest BCUT2D eigenvalue weighted by Gasteiger charge is -2.13. The van der Waals surface area contributed by atoms with Gasteiger partial charge in [0.2, 0.25) is 10.0 Å². The van der Waals surface area contributed by atoms with Gasteiger partial charge in [-0.1, -0.05) is 13.3 Å². The van der Waals surface area contributed by atoms with E-state index in [0.717, 1.165) is 0 Å². The highest BCUT2D eigenvalue weighted by Gasteiger charge is 2.25. The van der Waals surface area contributed by atoms with Crippen LogP contribution in [0.3, 0.4) is 0 Å². The van der Waals surface area contributed by atoms with Crippen molar-refractivity contribution < 1.29 is 22.7 Å². The Morgan fingerprint density at radius 3 is 2.81 bits per heavy atom. The number of carboxylic acid groups (broad SMARTS) is 1. The number of sulfonamides is 1. The van der Waals surface area contributed by atoms with E-state index in [-0.39, 0.29) is 16.9 Å². The predicted octanol–water partition coefficient (Wildman–Crippen LogP) is 0.653. The van der Waals surface area contributed by atoms with Crippen LogP contribution in [0.5, 0.6) is 0 Å². The van der Waals surface area contributed by atoms with Gasteiger partial charge in [-0.05, 0) is 18.6 Å². The number of aromatic amines is 1. The minimum atomic E-state index is -4.02. The molecule has 2 rings (SSSR count). The first-order valence-electron chi connectivity index (χ1n) is 6.21. The van der Waals surface area contributed by atoms with Crippen LogP contribution in [-0.2, 0) is 14.8 Å². The highest BCUT2D eigenvalue weighted by molar-refractivity contribution is 7.89. The molecule has 0 amide bonds. The Morgan fingerprint density at radius 1 is 1.48 bits per heavy atom. The minimum Gasteiger partial charge on any atom is -0.480 e. The van der Waals surface area contributed by atoms with Crippen molar-refractivity contribution in [1.29, 1.82) is 0 Å². The summed E-state index contributed by atoms with van der Waals surface area (Å²) in [7, 11) is -4.02. The van der Waals surface area contributed by atoms with E-state index in [1.807, 2.05) is 0 Å². The van der Waals surface area contributed by atoms with E-state index in [9.17, 15) is 18.0 Å². The SMILES string of the molecule is CCCC(NS(=O)(=O)c1ccc2[nH]c(=O)oc2c1)C(=O)O. The third-order valence-corrected chi connectivity index (χ3v) is 4.34. The summed E-state index contributed by atoms with van der Waals surface area (Å²) in [6, 6.07) is 2.61. The second-order valence-electron chi connectivity index (χ2n) is 4.47. The van der Waals surface area contributed by atoms with Crippen LogP contribution in [0.15, 0.2) is 32.3 Å². The maximum Gasteiger partial charge on any atom is 0.417 e. The molecule has 1 atom stereocenters. The molecule has 0 radical (unpaired) electrons. The van der Waals surface area contributed by atoms with E-state index in [0.29, 0.717) is 11.9 Å². The standard InChI is InChI=1S/C12H14N2O6S/c1-2-3-9(11(15)16)14-21(18,19)7-4-5-8-10(6-7)20-12(17)13-8/h4-6,9,14H,2-3H2,1H3,(H,13,17)(H,15,16). The Kier molecular flexibility index (Phi) is 4.14. The molecule has 0 aliphatic heterocycles. The molecular formula is C12H14N2O6S. The van der Waals surface area contributed by atoms with Crippen molar-refractivity contribution in [1.82, 2.24) is 9.71 Å². The van der Waals surface area contributed by atoms with Crippen LogP contribution in [0.4, 0.5) is 0 Å². The average molecular weight is 314 g/mol. The van der Waals surface area contributed by atoms with E-state index in [4.69, 9.17) is 9.52 Å². The summed E-state index contributed by atoms with van der Waals surface area (Å²) >= 11 is 0. The largest absolute Gasteiger partial charge is 0.480 e. The Hall–Kier alpha value is -2.13. The fourth-order valence-electron chi connectivity index (χ4n) is 1.87. The molecule has 0 aliphatic rings. The molecule has 9 heteroatoms. The molecule has 8 nitrogen and oxygen atoms in total. The molecule has 0 bridgehead atoms. The van der Waals surface area contributed by atoms with Gasteiger partial charge in [-0.3, -0.25) is 9.78 Å². The number of hydrogen-bond acceptors (Lipinski definition) is 5. The zero-order valence-corrected chi connectivity index (χ0v) is 11.9. The Morgan fingerprint density at radius 2 is 2.19 bits per heavy atom. The molecule has 0 aliphatic carbocycles. The molecule has 1 aromatic carbocycles. The molecule has 2 aromatic rings. The van der Waals surface area contributed by atoms with Gasteiger partial charge in [0.1, 0.15) is 6.04 Å². The van der Waals surface area contributed by atoms with Crippen molar-refractivity contribution in [3.8, 4) is 0 Å². The fraction of sp³-hybridized carbons (Fsp3) is 0.333. The molecule has 0 saturated carbocycles. The fourth-order valence-corrected chi connectivity index (χ4v) is 3.11. The van der Waals surface area contributed by atoms with Crippen LogP contribution >= 0.6 is 0 Å². The van der Waals surface area contributed by atoms with Crippen molar-refractivity contribution in [3.05, 3.63) is 28.7 Å². The third-order valence-electron chi connectivity index (χ3n) is 2.88. The molecule has 1 unspecified atom stereocenters. The summed E-state index contributed by atoms with van der Waals surface area (Å²) in [4.78, 5) is 24.3. The number of carboxylic acids is 1. The molecule has 0 saturated heterocycles. The van der Waals surface area contributed by atoms with Gasteiger partial charge in [0.25, 0.3) is 0 Å². The van der Waals surface area contributed by atoms with Crippen molar-refractivity contribution >= 4 is 27.1 Å². The molecular weight excluding hydrogens is 300 g/mol. The zero-order valence-electron chi connectivity index (χ0n) is 11.1. The van der Waals surface area contributed by atoms with Crippen molar-refractivity contribution in [2.75, 3.05) is 0 Å². The van der Waals surface area contributed by atoms with E-state index in [1.54, 1.807) is 6.92 Å². The summed E-state index contributed by atoms with van der Waals surface area (Å²) < 4.78 is 31.2. The number of rotatable bonds is 6. The van der Waals surface area contributed by atoms with Crippen molar-refractivity contribution in [3.63, 3.8) is 0 Å². The normalized spacial score (nSPS) is 13.4. The molecule has 21 heavy (non-hydrogen) atoms. The van der Waals surface area contributed by atoms with Gasteiger partial charge in [0.05, 0.1) is 10.4 Å². The van der Waals surface area contributed by atoms with Crippen LogP contribution in [0.2, 0.25) is 0 Å². The van der Waals surface area contributed by atoms with Gasteiger partial charge < -0.3 is 9.52 Å². The first kappa shape index (κ1) is 15.3. The van der Waals surface area contributed by atoms with Gasteiger partial charge >= 0.3 is 11.7 Å². The zero-order chi connectivity index (χ0) is 15.6. The van der Waals surface area contributed by atoms with Crippen LogP contribution < -0.4 is 10.5 Å². The minimum absolute atomic E-state index is 0.0882. The lowest BCUT2D eigenvalue weighted by atomic mass is 10.2. The summed E-state index contributed by atoms with van der Waals surface area (Å²) in [5.74, 6) is -1.93. The number of benzene rings is 1. The number of aromatic nitrogens is 1. The number of H-pyrrole nitrogens is 1. The van der Waals surface area contributed by atoms with Crippen molar-refractivity contribution in [2.24, 2.45) is 0 Å². The lowest BCUT2D eigenvalue weighted by Crippen LogP contribution is -2.40. The predicted molar refractivity (Wildman–Crippen MR) is 73.5 cm³/mol. The van der Waals surface area contributed by atoms with Crippen LogP contribution in [-0.4, -0.2) is 30.5 Å².